The van der Waals surface area contributed by atoms with Gasteiger partial charge in [0, 0.05) is 39.9 Å². The fourth-order valence-electron chi connectivity index (χ4n) is 3.41. The zero-order chi connectivity index (χ0) is 16.7. The highest BCUT2D eigenvalue weighted by Gasteiger charge is 2.46. The lowest BCUT2D eigenvalue weighted by Crippen LogP contribution is -2.53. The third kappa shape index (κ3) is 2.81. The van der Waals surface area contributed by atoms with Crippen LogP contribution < -0.4 is 0 Å². The van der Waals surface area contributed by atoms with Crippen LogP contribution in [0, 0.1) is 5.41 Å². The lowest BCUT2D eigenvalue weighted by Gasteiger charge is -2.41. The molecule has 0 saturated carbocycles. The van der Waals surface area contributed by atoms with Gasteiger partial charge in [0.1, 0.15) is 0 Å². The molecule has 1 amide bonds. The molecule has 0 radical (unpaired) electrons. The number of amides is 1. The highest BCUT2D eigenvalue weighted by molar-refractivity contribution is 7.89. The van der Waals surface area contributed by atoms with Gasteiger partial charge in [-0.3, -0.25) is 4.79 Å². The van der Waals surface area contributed by atoms with Crippen LogP contribution in [0.2, 0.25) is 0 Å². The zero-order valence-corrected chi connectivity index (χ0v) is 14.3. The first-order valence-corrected chi connectivity index (χ1v) is 9.18. The summed E-state index contributed by atoms with van der Waals surface area (Å²) >= 11 is 0. The lowest BCUT2D eigenvalue weighted by atomic mass is 9.77. The average molecular weight is 338 g/mol. The molecule has 1 spiro atoms. The summed E-state index contributed by atoms with van der Waals surface area (Å²) < 4.78 is 28.6. The molecule has 2 aliphatic rings. The number of hydrogen-bond acceptors (Lipinski definition) is 4. The normalized spacial score (nSPS) is 26.7. The van der Waals surface area contributed by atoms with E-state index < -0.39 is 15.4 Å². The number of rotatable bonds is 2. The molecule has 126 valence electrons. The van der Waals surface area contributed by atoms with E-state index in [0.29, 0.717) is 25.9 Å². The number of likely N-dealkylation sites (N-methyl/N-ethyl adjacent to an activating group) is 1. The van der Waals surface area contributed by atoms with E-state index >= 15 is 0 Å². The maximum Gasteiger partial charge on any atom is 0.262 e. The second-order valence-electron chi connectivity index (χ2n) is 6.46. The van der Waals surface area contributed by atoms with Gasteiger partial charge in [0.25, 0.3) is 10.0 Å². The third-order valence-electron chi connectivity index (χ3n) is 4.68. The van der Waals surface area contributed by atoms with Crippen LogP contribution in [0.1, 0.15) is 19.3 Å². The second kappa shape index (κ2) is 5.76. The summed E-state index contributed by atoms with van der Waals surface area (Å²) in [6.07, 6.45) is 8.92. The first-order chi connectivity index (χ1) is 10.8. The van der Waals surface area contributed by atoms with E-state index in [9.17, 15) is 13.2 Å². The molecule has 0 aliphatic carbocycles. The van der Waals surface area contributed by atoms with Gasteiger partial charge < -0.3 is 9.47 Å². The molecule has 0 N–H and O–H groups in total. The minimum Gasteiger partial charge on any atom is -0.342 e. The molecule has 1 unspecified atom stereocenters. The minimum atomic E-state index is -3.66. The quantitative estimate of drug-likeness (QED) is 0.741. The highest BCUT2D eigenvalue weighted by Crippen LogP contribution is 2.38. The number of aromatic nitrogens is 2. The van der Waals surface area contributed by atoms with Crippen LogP contribution in [-0.2, 0) is 21.9 Å². The Morgan fingerprint density at radius 2 is 2.04 bits per heavy atom. The number of carbonyl (C=O) groups is 1. The highest BCUT2D eigenvalue weighted by atomic mass is 32.2. The van der Waals surface area contributed by atoms with E-state index in [-0.39, 0.29) is 17.5 Å². The summed E-state index contributed by atoms with van der Waals surface area (Å²) in [5, 5.41) is 0.0435. The fraction of sp³-hybridized carbons (Fsp3) is 0.600. The predicted molar refractivity (Wildman–Crippen MR) is 85.0 cm³/mol. The Morgan fingerprint density at radius 3 is 2.74 bits per heavy atom. The van der Waals surface area contributed by atoms with Crippen LogP contribution in [0.15, 0.2) is 29.7 Å². The van der Waals surface area contributed by atoms with Gasteiger partial charge >= 0.3 is 0 Å². The molecule has 7 nitrogen and oxygen atoms in total. The van der Waals surface area contributed by atoms with Gasteiger partial charge in [-0.25, -0.2) is 13.4 Å². The first kappa shape index (κ1) is 16.2. The molecule has 3 heterocycles. The van der Waals surface area contributed by atoms with E-state index in [1.165, 1.54) is 16.8 Å². The molecule has 2 aliphatic heterocycles. The van der Waals surface area contributed by atoms with Crippen LogP contribution in [0.5, 0.6) is 0 Å². The average Bonchev–Trinajstić information content (AvgIpc) is 2.93. The molecular weight excluding hydrogens is 316 g/mol. The summed E-state index contributed by atoms with van der Waals surface area (Å²) in [5.41, 5.74) is -0.651. The molecule has 1 aromatic heterocycles. The van der Waals surface area contributed by atoms with Gasteiger partial charge in [0.2, 0.25) is 5.91 Å². The number of piperidine rings is 1. The van der Waals surface area contributed by atoms with Gasteiger partial charge in [-0.05, 0) is 19.3 Å². The maximum absolute atomic E-state index is 12.8. The lowest BCUT2D eigenvalue weighted by molar-refractivity contribution is -0.142. The Kier molecular flexibility index (Phi) is 4.05. The summed E-state index contributed by atoms with van der Waals surface area (Å²) in [6.45, 7) is 1.23. The van der Waals surface area contributed by atoms with Crippen molar-refractivity contribution in [3.8, 4) is 0 Å². The molecule has 23 heavy (non-hydrogen) atoms. The topological polar surface area (TPSA) is 75.5 Å². The van der Waals surface area contributed by atoms with Crippen LogP contribution in [0.3, 0.4) is 0 Å². The largest absolute Gasteiger partial charge is 0.342 e. The number of hydrogen-bond donors (Lipinski definition) is 0. The molecule has 3 rings (SSSR count). The van der Waals surface area contributed by atoms with E-state index in [0.717, 1.165) is 6.42 Å². The standard InChI is InChI=1S/C15H22N4O3S/c1-17-10-13(16-12-17)23(21,22)19-9-5-7-15(11-19)6-3-4-8-18(2)14(15)20/h3-4,10,12H,5-9,11H2,1-2H3. The maximum atomic E-state index is 12.8. The number of sulfonamides is 1. The second-order valence-corrected chi connectivity index (χ2v) is 8.35. The number of allylic oxidation sites excluding steroid dienone is 1. The predicted octanol–water partition coefficient (Wildman–Crippen LogP) is 0.609. The van der Waals surface area contributed by atoms with Crippen molar-refractivity contribution in [2.75, 3.05) is 26.7 Å². The monoisotopic (exact) mass is 338 g/mol. The van der Waals surface area contributed by atoms with Crippen LogP contribution in [0.25, 0.3) is 0 Å². The Balaban J connectivity index is 1.91. The molecule has 0 bridgehead atoms. The van der Waals surface area contributed by atoms with Crippen molar-refractivity contribution >= 4 is 15.9 Å². The Bertz CT molecular complexity index is 740. The summed E-state index contributed by atoms with van der Waals surface area (Å²) in [7, 11) is -0.159. The van der Waals surface area contributed by atoms with Gasteiger partial charge in [-0.15, -0.1) is 0 Å². The Hall–Kier alpha value is -1.67. The van der Waals surface area contributed by atoms with E-state index in [1.54, 1.807) is 23.6 Å². The number of nitrogens with zero attached hydrogens (tertiary/aromatic N) is 4. The van der Waals surface area contributed by atoms with Gasteiger partial charge in [0.05, 0.1) is 11.7 Å². The molecule has 0 aromatic carbocycles. The number of carbonyl (C=O) groups excluding carboxylic acids is 1. The summed E-state index contributed by atoms with van der Waals surface area (Å²) in [5.74, 6) is 0.0309. The van der Waals surface area contributed by atoms with Crippen molar-refractivity contribution in [3.05, 3.63) is 24.7 Å². The molecule has 1 saturated heterocycles. The van der Waals surface area contributed by atoms with Crippen LogP contribution in [-0.4, -0.2) is 59.8 Å². The Labute approximate surface area is 136 Å². The fourth-order valence-corrected chi connectivity index (χ4v) is 4.94. The first-order valence-electron chi connectivity index (χ1n) is 7.74. The van der Waals surface area contributed by atoms with Gasteiger partial charge in [-0.1, -0.05) is 12.2 Å². The molecule has 1 fully saturated rings. The Morgan fingerprint density at radius 1 is 1.26 bits per heavy atom. The summed E-state index contributed by atoms with van der Waals surface area (Å²) in [6, 6.07) is 0. The van der Waals surface area contributed by atoms with Crippen molar-refractivity contribution in [1.82, 2.24) is 18.8 Å². The van der Waals surface area contributed by atoms with Crippen molar-refractivity contribution < 1.29 is 13.2 Å². The van der Waals surface area contributed by atoms with E-state index in [1.807, 2.05) is 12.2 Å². The third-order valence-corrected chi connectivity index (χ3v) is 6.41. The van der Waals surface area contributed by atoms with Crippen molar-refractivity contribution in [2.24, 2.45) is 12.5 Å². The van der Waals surface area contributed by atoms with Gasteiger partial charge in [0.15, 0.2) is 5.03 Å². The number of imidazole rings is 1. The molecular formula is C15H22N4O3S. The van der Waals surface area contributed by atoms with Crippen LogP contribution >= 0.6 is 0 Å². The van der Waals surface area contributed by atoms with E-state index in [2.05, 4.69) is 4.98 Å². The molecule has 8 heteroatoms. The molecule has 1 aromatic rings. The minimum absolute atomic E-state index is 0.0309. The van der Waals surface area contributed by atoms with Crippen LogP contribution in [0.4, 0.5) is 0 Å². The smallest absolute Gasteiger partial charge is 0.262 e. The van der Waals surface area contributed by atoms with Crippen molar-refractivity contribution in [2.45, 2.75) is 24.3 Å². The van der Waals surface area contributed by atoms with E-state index in [4.69, 9.17) is 0 Å². The molecule has 1 atom stereocenters. The van der Waals surface area contributed by atoms with Crippen molar-refractivity contribution in [1.29, 1.82) is 0 Å². The summed E-state index contributed by atoms with van der Waals surface area (Å²) in [4.78, 5) is 18.4. The SMILES string of the molecule is CN1CC=CCC2(CCCN(S(=O)(=O)c3cn(C)cn3)C2)C1=O. The van der Waals surface area contributed by atoms with Gasteiger partial charge in [-0.2, -0.15) is 4.31 Å². The zero-order valence-electron chi connectivity index (χ0n) is 13.5. The van der Waals surface area contributed by atoms with Crippen molar-refractivity contribution in [3.63, 3.8) is 0 Å². The number of aryl methyl sites for hydroxylation is 1.